The van der Waals surface area contributed by atoms with Crippen molar-refractivity contribution in [3.8, 4) is 0 Å². The van der Waals surface area contributed by atoms with Gasteiger partial charge in [0.2, 0.25) is 5.91 Å². The summed E-state index contributed by atoms with van der Waals surface area (Å²) < 4.78 is 0. The van der Waals surface area contributed by atoms with Crippen LogP contribution in [0.3, 0.4) is 0 Å². The van der Waals surface area contributed by atoms with Crippen LogP contribution in [0.25, 0.3) is 0 Å². The number of aryl methyl sites for hydroxylation is 1. The topological polar surface area (TPSA) is 35.6 Å². The molecule has 1 aromatic rings. The van der Waals surface area contributed by atoms with Crippen molar-refractivity contribution in [1.29, 1.82) is 0 Å². The van der Waals surface area contributed by atoms with Gasteiger partial charge in [-0.05, 0) is 49.3 Å². The summed E-state index contributed by atoms with van der Waals surface area (Å²) in [4.78, 5) is 17.7. The molecule has 0 spiro atoms. The second kappa shape index (κ2) is 8.53. The maximum atomic E-state index is 13.0. The predicted octanol–water partition coefficient (Wildman–Crippen LogP) is 2.99. The van der Waals surface area contributed by atoms with Crippen LogP contribution in [0.5, 0.6) is 0 Å². The van der Waals surface area contributed by atoms with E-state index in [0.717, 1.165) is 71.4 Å². The van der Waals surface area contributed by atoms with Gasteiger partial charge in [-0.1, -0.05) is 31.4 Å². The summed E-state index contributed by atoms with van der Waals surface area (Å²) in [6.07, 6.45) is 9.27. The van der Waals surface area contributed by atoms with Crippen molar-refractivity contribution in [1.82, 2.24) is 10.2 Å². The van der Waals surface area contributed by atoms with Gasteiger partial charge < -0.3 is 15.1 Å². The second-order valence-corrected chi connectivity index (χ2v) is 8.23. The molecule has 1 saturated carbocycles. The van der Waals surface area contributed by atoms with Gasteiger partial charge in [-0.15, -0.1) is 0 Å². The Morgan fingerprint density at radius 1 is 1.04 bits per heavy atom. The SMILES string of the molecule is O=C(C1CCCCC1)N1CCCc2cc(CCN3CCNCC3)ccc21. The van der Waals surface area contributed by atoms with Crippen LogP contribution in [0.2, 0.25) is 0 Å². The number of benzene rings is 1. The Labute approximate surface area is 157 Å². The minimum absolute atomic E-state index is 0.266. The van der Waals surface area contributed by atoms with Gasteiger partial charge in [0.15, 0.2) is 0 Å². The molecular weight excluding hydrogens is 322 g/mol. The summed E-state index contributed by atoms with van der Waals surface area (Å²) in [5.74, 6) is 0.654. The number of nitrogens with zero attached hydrogens (tertiary/aromatic N) is 2. The Hall–Kier alpha value is -1.39. The van der Waals surface area contributed by atoms with Gasteiger partial charge >= 0.3 is 0 Å². The van der Waals surface area contributed by atoms with Gasteiger partial charge in [0.25, 0.3) is 0 Å². The number of hydrogen-bond donors (Lipinski definition) is 1. The lowest BCUT2D eigenvalue weighted by Gasteiger charge is -2.34. The highest BCUT2D eigenvalue weighted by molar-refractivity contribution is 5.96. The first-order valence-corrected chi connectivity index (χ1v) is 10.7. The van der Waals surface area contributed by atoms with Crippen LogP contribution in [0.4, 0.5) is 5.69 Å². The first kappa shape index (κ1) is 18.0. The highest BCUT2D eigenvalue weighted by atomic mass is 16.2. The molecule has 2 heterocycles. The Morgan fingerprint density at radius 3 is 2.65 bits per heavy atom. The molecule has 4 nitrogen and oxygen atoms in total. The fourth-order valence-corrected chi connectivity index (χ4v) is 4.83. The van der Waals surface area contributed by atoms with Gasteiger partial charge in [-0.2, -0.15) is 0 Å². The van der Waals surface area contributed by atoms with Crippen LogP contribution in [0, 0.1) is 5.92 Å². The van der Waals surface area contributed by atoms with Crippen molar-refractivity contribution in [3.63, 3.8) is 0 Å². The fourth-order valence-electron chi connectivity index (χ4n) is 4.83. The highest BCUT2D eigenvalue weighted by Crippen LogP contribution is 2.32. The van der Waals surface area contributed by atoms with Crippen LogP contribution in [0.1, 0.15) is 49.7 Å². The third kappa shape index (κ3) is 4.12. The molecule has 0 unspecified atom stereocenters. The standard InChI is InChI=1S/C22H33N3O/c26-22(19-5-2-1-3-6-19)25-13-4-7-20-17-18(8-9-21(20)25)10-14-24-15-11-23-12-16-24/h8-9,17,19,23H,1-7,10-16H2. The van der Waals surface area contributed by atoms with Crippen LogP contribution in [0.15, 0.2) is 18.2 Å². The lowest BCUT2D eigenvalue weighted by Crippen LogP contribution is -2.44. The van der Waals surface area contributed by atoms with E-state index in [1.807, 2.05) is 0 Å². The van der Waals surface area contributed by atoms with Crippen LogP contribution < -0.4 is 10.2 Å². The normalized spacial score (nSPS) is 22.2. The smallest absolute Gasteiger partial charge is 0.230 e. The first-order chi connectivity index (χ1) is 12.8. The average molecular weight is 356 g/mol. The molecule has 1 aromatic carbocycles. The first-order valence-electron chi connectivity index (χ1n) is 10.7. The highest BCUT2D eigenvalue weighted by Gasteiger charge is 2.29. The molecule has 0 bridgehead atoms. The van der Waals surface area contributed by atoms with Crippen molar-refractivity contribution in [3.05, 3.63) is 29.3 Å². The maximum Gasteiger partial charge on any atom is 0.230 e. The summed E-state index contributed by atoms with van der Waals surface area (Å²) in [5.41, 5.74) is 4.00. The van der Waals surface area contributed by atoms with E-state index >= 15 is 0 Å². The predicted molar refractivity (Wildman–Crippen MR) is 107 cm³/mol. The van der Waals surface area contributed by atoms with E-state index in [9.17, 15) is 4.79 Å². The number of anilines is 1. The van der Waals surface area contributed by atoms with Crippen LogP contribution in [-0.2, 0) is 17.6 Å². The number of rotatable bonds is 4. The van der Waals surface area contributed by atoms with Crippen molar-refractivity contribution in [2.24, 2.45) is 5.92 Å². The van der Waals surface area contributed by atoms with Gasteiger partial charge in [-0.25, -0.2) is 0 Å². The number of carbonyl (C=O) groups excluding carboxylic acids is 1. The number of fused-ring (bicyclic) bond motifs is 1. The molecule has 3 aliphatic rings. The molecule has 1 N–H and O–H groups in total. The zero-order valence-electron chi connectivity index (χ0n) is 16.0. The molecule has 2 aliphatic heterocycles. The summed E-state index contributed by atoms with van der Waals surface area (Å²) in [6, 6.07) is 6.85. The van der Waals surface area contributed by atoms with E-state index in [-0.39, 0.29) is 5.92 Å². The van der Waals surface area contributed by atoms with Gasteiger partial charge in [0.1, 0.15) is 0 Å². The Balaban J connectivity index is 1.42. The summed E-state index contributed by atoms with van der Waals surface area (Å²) >= 11 is 0. The molecule has 26 heavy (non-hydrogen) atoms. The number of amides is 1. The molecule has 1 amide bonds. The van der Waals surface area contributed by atoms with Crippen molar-refractivity contribution >= 4 is 11.6 Å². The minimum atomic E-state index is 0.266. The number of nitrogens with one attached hydrogen (secondary N) is 1. The van der Waals surface area contributed by atoms with Crippen molar-refractivity contribution < 1.29 is 4.79 Å². The van der Waals surface area contributed by atoms with Crippen molar-refractivity contribution in [2.75, 3.05) is 44.2 Å². The van der Waals surface area contributed by atoms with E-state index in [4.69, 9.17) is 0 Å². The molecule has 0 atom stereocenters. The molecule has 1 saturated heterocycles. The van der Waals surface area contributed by atoms with Gasteiger partial charge in [-0.3, -0.25) is 4.79 Å². The monoisotopic (exact) mass is 355 g/mol. The molecule has 2 fully saturated rings. The summed E-state index contributed by atoms with van der Waals surface area (Å²) in [5, 5.41) is 3.42. The van der Waals surface area contributed by atoms with Gasteiger partial charge in [0.05, 0.1) is 0 Å². The molecular formula is C22H33N3O. The number of piperazine rings is 1. The molecule has 142 valence electrons. The van der Waals surface area contributed by atoms with Crippen LogP contribution in [-0.4, -0.2) is 50.1 Å². The third-order valence-electron chi connectivity index (χ3n) is 6.41. The summed E-state index contributed by atoms with van der Waals surface area (Å²) in [7, 11) is 0. The molecule has 0 aromatic heterocycles. The molecule has 4 rings (SSSR count). The van der Waals surface area contributed by atoms with Crippen molar-refractivity contribution in [2.45, 2.75) is 51.4 Å². The molecule has 1 aliphatic carbocycles. The Kier molecular flexibility index (Phi) is 5.91. The van der Waals surface area contributed by atoms with E-state index in [1.54, 1.807) is 0 Å². The van der Waals surface area contributed by atoms with Gasteiger partial charge in [0, 0.05) is 50.9 Å². The maximum absolute atomic E-state index is 13.0. The van der Waals surface area contributed by atoms with E-state index in [0.29, 0.717) is 5.91 Å². The Morgan fingerprint density at radius 2 is 1.85 bits per heavy atom. The lowest BCUT2D eigenvalue weighted by molar-refractivity contribution is -0.123. The van der Waals surface area contributed by atoms with Crippen LogP contribution >= 0.6 is 0 Å². The lowest BCUT2D eigenvalue weighted by atomic mass is 9.87. The minimum Gasteiger partial charge on any atom is -0.314 e. The zero-order valence-corrected chi connectivity index (χ0v) is 16.0. The number of carbonyl (C=O) groups is 1. The Bertz CT molecular complexity index is 618. The molecule has 0 radical (unpaired) electrons. The average Bonchev–Trinajstić information content (AvgIpc) is 2.72. The van der Waals surface area contributed by atoms with E-state index in [2.05, 4.69) is 33.3 Å². The van der Waals surface area contributed by atoms with E-state index < -0.39 is 0 Å². The zero-order chi connectivity index (χ0) is 17.8. The van der Waals surface area contributed by atoms with E-state index in [1.165, 1.54) is 36.1 Å². The summed E-state index contributed by atoms with van der Waals surface area (Å²) in [6.45, 7) is 6.60. The quantitative estimate of drug-likeness (QED) is 0.902. The molecule has 4 heteroatoms. The third-order valence-corrected chi connectivity index (χ3v) is 6.41. The second-order valence-electron chi connectivity index (χ2n) is 8.23. The largest absolute Gasteiger partial charge is 0.314 e. The fraction of sp³-hybridized carbons (Fsp3) is 0.682. The number of hydrogen-bond acceptors (Lipinski definition) is 3.